The van der Waals surface area contributed by atoms with Crippen LogP contribution in [0.3, 0.4) is 0 Å². The molecule has 0 aromatic heterocycles. The van der Waals surface area contributed by atoms with Gasteiger partial charge in [-0.3, -0.25) is 0 Å². The van der Waals surface area contributed by atoms with Crippen molar-refractivity contribution in [1.29, 1.82) is 0 Å². The fraction of sp³-hybridized carbons (Fsp3) is 0.600. The second kappa shape index (κ2) is 8.08. The van der Waals surface area contributed by atoms with Crippen molar-refractivity contribution >= 4 is 23.4 Å². The van der Waals surface area contributed by atoms with Crippen molar-refractivity contribution in [3.63, 3.8) is 0 Å². The molecule has 1 N–H and O–H groups in total. The van der Waals surface area contributed by atoms with Gasteiger partial charge in [0.1, 0.15) is 0 Å². The lowest BCUT2D eigenvalue weighted by Crippen LogP contribution is -2.19. The highest BCUT2D eigenvalue weighted by atomic mass is 35.5. The van der Waals surface area contributed by atoms with Crippen LogP contribution >= 0.6 is 23.4 Å². The average molecular weight is 286 g/mol. The molecule has 0 radical (unpaired) electrons. The predicted molar refractivity (Wildman–Crippen MR) is 83.6 cm³/mol. The molecule has 0 aliphatic rings. The second-order valence-electron chi connectivity index (χ2n) is 5.48. The third-order valence-electron chi connectivity index (χ3n) is 2.46. The Morgan fingerprint density at radius 2 is 1.89 bits per heavy atom. The van der Waals surface area contributed by atoms with Gasteiger partial charge in [-0.1, -0.05) is 39.3 Å². The number of nitrogens with one attached hydrogen (secondary N) is 1. The summed E-state index contributed by atoms with van der Waals surface area (Å²) in [6.07, 6.45) is 0. The maximum Gasteiger partial charge on any atom is 0.0410 e. The summed E-state index contributed by atoms with van der Waals surface area (Å²) in [5.41, 5.74) is 1.31. The highest BCUT2D eigenvalue weighted by Gasteiger charge is 2.06. The molecule has 0 bridgehead atoms. The van der Waals surface area contributed by atoms with E-state index in [4.69, 9.17) is 11.6 Å². The fourth-order valence-electron chi connectivity index (χ4n) is 1.58. The Morgan fingerprint density at radius 1 is 1.17 bits per heavy atom. The predicted octanol–water partition coefficient (Wildman–Crippen LogP) is 4.83. The van der Waals surface area contributed by atoms with Gasteiger partial charge in [-0.15, -0.1) is 11.8 Å². The van der Waals surface area contributed by atoms with Gasteiger partial charge in [0.05, 0.1) is 0 Å². The van der Waals surface area contributed by atoms with E-state index in [1.807, 2.05) is 17.8 Å². The minimum Gasteiger partial charge on any atom is -0.312 e. The molecule has 1 nitrogen and oxygen atoms in total. The quantitative estimate of drug-likeness (QED) is 0.720. The summed E-state index contributed by atoms with van der Waals surface area (Å²) in [4.78, 5) is 1.35. The Labute approximate surface area is 121 Å². The van der Waals surface area contributed by atoms with Crippen LogP contribution in [-0.4, -0.2) is 12.3 Å². The van der Waals surface area contributed by atoms with Crippen LogP contribution in [-0.2, 0) is 6.54 Å². The zero-order valence-corrected chi connectivity index (χ0v) is 13.4. The van der Waals surface area contributed by atoms with E-state index in [1.165, 1.54) is 10.5 Å². The van der Waals surface area contributed by atoms with Gasteiger partial charge in [-0.05, 0) is 42.1 Å². The van der Waals surface area contributed by atoms with Crippen molar-refractivity contribution in [2.24, 2.45) is 11.8 Å². The van der Waals surface area contributed by atoms with E-state index in [9.17, 15) is 0 Å². The number of hydrogen-bond donors (Lipinski definition) is 1. The molecule has 18 heavy (non-hydrogen) atoms. The maximum absolute atomic E-state index is 6.08. The molecular weight excluding hydrogens is 262 g/mol. The van der Waals surface area contributed by atoms with E-state index in [2.05, 4.69) is 45.1 Å². The van der Waals surface area contributed by atoms with Gasteiger partial charge in [-0.2, -0.15) is 0 Å². The molecule has 1 aromatic carbocycles. The molecule has 0 saturated heterocycles. The smallest absolute Gasteiger partial charge is 0.0410 e. The monoisotopic (exact) mass is 285 g/mol. The highest BCUT2D eigenvalue weighted by molar-refractivity contribution is 7.99. The van der Waals surface area contributed by atoms with Crippen molar-refractivity contribution in [1.82, 2.24) is 5.32 Å². The standard InChI is InChI=1S/C15H24ClNS/c1-11(2)8-17-9-13-7-14(16)5-6-15(13)18-10-12(3)4/h5-7,11-12,17H,8-10H2,1-4H3. The van der Waals surface area contributed by atoms with Crippen LogP contribution in [0.2, 0.25) is 5.02 Å². The molecule has 3 heteroatoms. The number of benzene rings is 1. The van der Waals surface area contributed by atoms with Crippen LogP contribution in [0.4, 0.5) is 0 Å². The summed E-state index contributed by atoms with van der Waals surface area (Å²) in [7, 11) is 0. The first-order chi connectivity index (χ1) is 8.49. The zero-order valence-electron chi connectivity index (χ0n) is 11.8. The van der Waals surface area contributed by atoms with E-state index in [0.717, 1.165) is 23.9 Å². The minimum absolute atomic E-state index is 0.677. The average Bonchev–Trinajstić information content (AvgIpc) is 2.27. The third-order valence-corrected chi connectivity index (χ3v) is 4.24. The highest BCUT2D eigenvalue weighted by Crippen LogP contribution is 2.27. The summed E-state index contributed by atoms with van der Waals surface area (Å²) in [5.74, 6) is 2.54. The van der Waals surface area contributed by atoms with Crippen molar-refractivity contribution in [3.05, 3.63) is 28.8 Å². The van der Waals surface area contributed by atoms with Crippen LogP contribution in [0.1, 0.15) is 33.3 Å². The van der Waals surface area contributed by atoms with Crippen LogP contribution in [0.5, 0.6) is 0 Å². The second-order valence-corrected chi connectivity index (χ2v) is 6.98. The lowest BCUT2D eigenvalue weighted by Gasteiger charge is -2.13. The molecule has 0 atom stereocenters. The molecule has 0 unspecified atom stereocenters. The van der Waals surface area contributed by atoms with Crippen molar-refractivity contribution < 1.29 is 0 Å². The molecule has 0 amide bonds. The Bertz CT molecular complexity index is 364. The van der Waals surface area contributed by atoms with Gasteiger partial charge in [-0.25, -0.2) is 0 Å². The van der Waals surface area contributed by atoms with Gasteiger partial charge in [0.2, 0.25) is 0 Å². The zero-order chi connectivity index (χ0) is 13.5. The topological polar surface area (TPSA) is 12.0 Å². The van der Waals surface area contributed by atoms with E-state index in [-0.39, 0.29) is 0 Å². The Hall–Kier alpha value is -0.180. The number of hydrogen-bond acceptors (Lipinski definition) is 2. The molecule has 0 spiro atoms. The molecule has 102 valence electrons. The van der Waals surface area contributed by atoms with Crippen molar-refractivity contribution in [2.75, 3.05) is 12.3 Å². The maximum atomic E-state index is 6.08. The molecular formula is C15H24ClNS. The first-order valence-electron chi connectivity index (χ1n) is 6.61. The van der Waals surface area contributed by atoms with Gasteiger partial charge in [0, 0.05) is 22.2 Å². The SMILES string of the molecule is CC(C)CNCc1cc(Cl)ccc1SCC(C)C. The summed E-state index contributed by atoms with van der Waals surface area (Å²) in [5, 5.41) is 4.31. The largest absolute Gasteiger partial charge is 0.312 e. The van der Waals surface area contributed by atoms with Gasteiger partial charge in [0.25, 0.3) is 0 Å². The van der Waals surface area contributed by atoms with Gasteiger partial charge < -0.3 is 5.32 Å². The number of rotatable bonds is 7. The molecule has 0 heterocycles. The van der Waals surface area contributed by atoms with Crippen molar-refractivity contribution in [2.45, 2.75) is 39.1 Å². The molecule has 0 aliphatic carbocycles. The molecule has 0 saturated carbocycles. The van der Waals surface area contributed by atoms with Crippen LogP contribution in [0.15, 0.2) is 23.1 Å². The first-order valence-corrected chi connectivity index (χ1v) is 7.97. The summed E-state index contributed by atoms with van der Waals surface area (Å²) in [6.45, 7) is 10.9. The van der Waals surface area contributed by atoms with Crippen LogP contribution in [0.25, 0.3) is 0 Å². The Kier molecular flexibility index (Phi) is 7.13. The number of thioether (sulfide) groups is 1. The fourth-order valence-corrected chi connectivity index (χ4v) is 2.77. The van der Waals surface area contributed by atoms with E-state index < -0.39 is 0 Å². The lowest BCUT2D eigenvalue weighted by molar-refractivity contribution is 0.550. The van der Waals surface area contributed by atoms with Crippen molar-refractivity contribution in [3.8, 4) is 0 Å². The molecule has 0 fully saturated rings. The Morgan fingerprint density at radius 3 is 2.50 bits per heavy atom. The van der Waals surface area contributed by atoms with E-state index in [1.54, 1.807) is 0 Å². The Balaban J connectivity index is 2.64. The van der Waals surface area contributed by atoms with Gasteiger partial charge in [0.15, 0.2) is 0 Å². The summed E-state index contributed by atoms with van der Waals surface area (Å²) >= 11 is 8.01. The van der Waals surface area contributed by atoms with Crippen LogP contribution < -0.4 is 5.32 Å². The van der Waals surface area contributed by atoms with E-state index in [0.29, 0.717) is 11.8 Å². The van der Waals surface area contributed by atoms with Crippen LogP contribution in [0, 0.1) is 11.8 Å². The summed E-state index contributed by atoms with van der Waals surface area (Å²) < 4.78 is 0. The van der Waals surface area contributed by atoms with E-state index >= 15 is 0 Å². The summed E-state index contributed by atoms with van der Waals surface area (Å²) in [6, 6.07) is 6.20. The molecule has 0 aliphatic heterocycles. The lowest BCUT2D eigenvalue weighted by atomic mass is 10.2. The normalized spacial score (nSPS) is 11.5. The third kappa shape index (κ3) is 6.12. The molecule has 1 aromatic rings. The van der Waals surface area contributed by atoms with Gasteiger partial charge >= 0.3 is 0 Å². The first kappa shape index (κ1) is 15.9. The minimum atomic E-state index is 0.677. The molecule has 1 rings (SSSR count). The number of halogens is 1.